The van der Waals surface area contributed by atoms with Crippen LogP contribution in [0.15, 0.2) is 60.9 Å². The quantitative estimate of drug-likeness (QED) is 0.421. The molecule has 2 N–H and O–H groups in total. The Morgan fingerprint density at radius 3 is 2.06 bits per heavy atom. The molecule has 0 radical (unpaired) electrons. The summed E-state index contributed by atoms with van der Waals surface area (Å²) in [5, 5.41) is 0. The summed E-state index contributed by atoms with van der Waals surface area (Å²) >= 11 is 0. The second kappa shape index (κ2) is 8.37. The molecular formula is C21H15F6N3O. The van der Waals surface area contributed by atoms with Crippen LogP contribution in [0.2, 0.25) is 0 Å². The molecule has 2 aromatic heterocycles. The first-order valence-electron chi connectivity index (χ1n) is 8.91. The molecular weight excluding hydrogens is 424 g/mol. The summed E-state index contributed by atoms with van der Waals surface area (Å²) in [7, 11) is 0. The number of nitrogens with two attached hydrogens (primary N) is 1. The van der Waals surface area contributed by atoms with Gasteiger partial charge < -0.3 is 5.73 Å². The van der Waals surface area contributed by atoms with Gasteiger partial charge in [-0.15, -0.1) is 0 Å². The van der Waals surface area contributed by atoms with Crippen molar-refractivity contribution in [2.24, 2.45) is 0 Å². The zero-order chi connectivity index (χ0) is 22.8. The molecule has 3 aromatic rings. The average molecular weight is 439 g/mol. The molecule has 0 bridgehead atoms. The highest BCUT2D eigenvalue weighted by Crippen LogP contribution is 2.39. The lowest BCUT2D eigenvalue weighted by Gasteiger charge is -2.21. The minimum atomic E-state index is -4.78. The molecule has 31 heavy (non-hydrogen) atoms. The zero-order valence-corrected chi connectivity index (χ0v) is 15.7. The SMILES string of the molecule is Nc1cccnc1C(=O)C[C@@H](c1ccc(C(F)(F)F)cc1)c1ncccc1C(F)(F)F. The topological polar surface area (TPSA) is 68.9 Å². The van der Waals surface area contributed by atoms with Gasteiger partial charge in [0.05, 0.1) is 22.5 Å². The van der Waals surface area contributed by atoms with Crippen molar-refractivity contribution >= 4 is 11.5 Å². The van der Waals surface area contributed by atoms with E-state index >= 15 is 0 Å². The number of alkyl halides is 6. The van der Waals surface area contributed by atoms with Gasteiger partial charge >= 0.3 is 12.4 Å². The molecule has 2 heterocycles. The fourth-order valence-electron chi connectivity index (χ4n) is 3.14. The van der Waals surface area contributed by atoms with E-state index in [0.29, 0.717) is 0 Å². The van der Waals surface area contributed by atoms with Crippen LogP contribution in [-0.2, 0) is 12.4 Å². The number of nitrogens with zero attached hydrogens (tertiary/aromatic N) is 2. The molecule has 0 aliphatic rings. The molecule has 1 aromatic carbocycles. The van der Waals surface area contributed by atoms with Gasteiger partial charge in [-0.25, -0.2) is 0 Å². The van der Waals surface area contributed by atoms with Crippen LogP contribution >= 0.6 is 0 Å². The van der Waals surface area contributed by atoms with Gasteiger partial charge in [-0.2, -0.15) is 26.3 Å². The van der Waals surface area contributed by atoms with Crippen molar-refractivity contribution in [1.29, 1.82) is 0 Å². The standard InChI is InChI=1S/C21H15F6N3O/c22-20(23,24)13-7-5-12(6-8-13)14(11-17(31)19-16(28)4-2-10-30-19)18-15(21(25,26)27)3-1-9-29-18/h1-10,14H,11,28H2/t14-/m0/s1. The number of hydrogen-bond donors (Lipinski definition) is 1. The highest BCUT2D eigenvalue weighted by molar-refractivity contribution is 5.99. The van der Waals surface area contributed by atoms with Crippen molar-refractivity contribution in [2.45, 2.75) is 24.7 Å². The Labute approximate surface area is 172 Å². The smallest absolute Gasteiger partial charge is 0.397 e. The van der Waals surface area contributed by atoms with E-state index in [2.05, 4.69) is 9.97 Å². The van der Waals surface area contributed by atoms with Gasteiger partial charge in [0.25, 0.3) is 0 Å². The van der Waals surface area contributed by atoms with Crippen LogP contribution in [0.25, 0.3) is 0 Å². The van der Waals surface area contributed by atoms with Gasteiger partial charge in [0, 0.05) is 24.7 Å². The number of aromatic nitrogens is 2. The number of halogens is 6. The highest BCUT2D eigenvalue weighted by atomic mass is 19.4. The molecule has 0 spiro atoms. The third-order valence-corrected chi connectivity index (χ3v) is 4.61. The number of nitrogen functional groups attached to an aromatic ring is 1. The predicted molar refractivity (Wildman–Crippen MR) is 100 cm³/mol. The Morgan fingerprint density at radius 1 is 0.871 bits per heavy atom. The highest BCUT2D eigenvalue weighted by Gasteiger charge is 2.37. The maximum atomic E-state index is 13.6. The number of rotatable bonds is 5. The second-order valence-corrected chi connectivity index (χ2v) is 6.67. The molecule has 1 atom stereocenters. The lowest BCUT2D eigenvalue weighted by Crippen LogP contribution is -2.18. The van der Waals surface area contributed by atoms with Crippen molar-refractivity contribution in [3.8, 4) is 0 Å². The minimum Gasteiger partial charge on any atom is -0.397 e. The Kier molecular flexibility index (Phi) is 6.01. The summed E-state index contributed by atoms with van der Waals surface area (Å²) in [4.78, 5) is 20.5. The molecule has 0 unspecified atom stereocenters. The Bertz CT molecular complexity index is 1080. The van der Waals surface area contributed by atoms with Gasteiger partial charge in [0.2, 0.25) is 0 Å². The zero-order valence-electron chi connectivity index (χ0n) is 15.7. The molecule has 0 aliphatic heterocycles. The summed E-state index contributed by atoms with van der Waals surface area (Å²) < 4.78 is 79.4. The van der Waals surface area contributed by atoms with E-state index in [1.54, 1.807) is 0 Å². The number of pyridine rings is 2. The molecule has 4 nitrogen and oxygen atoms in total. The van der Waals surface area contributed by atoms with Crippen LogP contribution in [0.4, 0.5) is 32.0 Å². The molecule has 10 heteroatoms. The van der Waals surface area contributed by atoms with Crippen LogP contribution in [0.3, 0.4) is 0 Å². The fourth-order valence-corrected chi connectivity index (χ4v) is 3.14. The fraction of sp³-hybridized carbons (Fsp3) is 0.190. The summed E-state index contributed by atoms with van der Waals surface area (Å²) in [5.41, 5.74) is 3.19. The van der Waals surface area contributed by atoms with Crippen LogP contribution in [0.1, 0.15) is 45.2 Å². The first-order valence-corrected chi connectivity index (χ1v) is 8.91. The minimum absolute atomic E-state index is 0.0377. The number of anilines is 1. The molecule has 0 aliphatic carbocycles. The van der Waals surface area contributed by atoms with Crippen LogP contribution in [0.5, 0.6) is 0 Å². The summed E-state index contributed by atoms with van der Waals surface area (Å²) in [6.45, 7) is 0. The summed E-state index contributed by atoms with van der Waals surface area (Å²) in [6, 6.07) is 8.37. The Hall–Kier alpha value is -3.43. The maximum Gasteiger partial charge on any atom is 0.418 e. The second-order valence-electron chi connectivity index (χ2n) is 6.67. The van der Waals surface area contributed by atoms with Crippen molar-refractivity contribution in [3.63, 3.8) is 0 Å². The van der Waals surface area contributed by atoms with Crippen LogP contribution in [-0.4, -0.2) is 15.8 Å². The lowest BCUT2D eigenvalue weighted by atomic mass is 9.86. The summed E-state index contributed by atoms with van der Waals surface area (Å²) in [5.74, 6) is -1.93. The van der Waals surface area contributed by atoms with Gasteiger partial charge in [-0.3, -0.25) is 14.8 Å². The number of carbonyl (C=O) groups excluding carboxylic acids is 1. The first kappa shape index (κ1) is 22.3. The molecule has 3 rings (SSSR count). The average Bonchev–Trinajstić information content (AvgIpc) is 2.71. The van der Waals surface area contributed by atoms with Gasteiger partial charge in [0.1, 0.15) is 5.69 Å². The number of carbonyl (C=O) groups is 1. The molecule has 0 saturated heterocycles. The summed E-state index contributed by atoms with van der Waals surface area (Å²) in [6.07, 6.45) is -7.48. The Morgan fingerprint density at radius 2 is 1.48 bits per heavy atom. The van der Waals surface area contributed by atoms with E-state index in [4.69, 9.17) is 5.73 Å². The lowest BCUT2D eigenvalue weighted by molar-refractivity contribution is -0.139. The third kappa shape index (κ3) is 5.01. The van der Waals surface area contributed by atoms with Crippen molar-refractivity contribution in [3.05, 3.63) is 89.0 Å². The first-order chi connectivity index (χ1) is 14.5. The van der Waals surface area contributed by atoms with E-state index < -0.39 is 47.3 Å². The number of benzene rings is 1. The Balaban J connectivity index is 2.09. The van der Waals surface area contributed by atoms with Crippen molar-refractivity contribution < 1.29 is 31.1 Å². The van der Waals surface area contributed by atoms with Crippen molar-refractivity contribution in [2.75, 3.05) is 5.73 Å². The van der Waals surface area contributed by atoms with E-state index in [-0.39, 0.29) is 16.9 Å². The van der Waals surface area contributed by atoms with Crippen LogP contribution < -0.4 is 5.73 Å². The molecule has 0 amide bonds. The number of ketones is 1. The monoisotopic (exact) mass is 439 g/mol. The van der Waals surface area contributed by atoms with Gasteiger partial charge in [-0.1, -0.05) is 12.1 Å². The molecule has 162 valence electrons. The third-order valence-electron chi connectivity index (χ3n) is 4.61. The van der Waals surface area contributed by atoms with Crippen molar-refractivity contribution in [1.82, 2.24) is 9.97 Å². The largest absolute Gasteiger partial charge is 0.418 e. The van der Waals surface area contributed by atoms with E-state index in [1.807, 2.05) is 0 Å². The molecule has 0 fully saturated rings. The maximum absolute atomic E-state index is 13.6. The molecule has 0 saturated carbocycles. The van der Waals surface area contributed by atoms with Gasteiger partial charge in [-0.05, 0) is 42.0 Å². The predicted octanol–water partition coefficient (Wildman–Crippen LogP) is 5.50. The van der Waals surface area contributed by atoms with Gasteiger partial charge in [0.15, 0.2) is 5.78 Å². The van der Waals surface area contributed by atoms with Crippen LogP contribution in [0, 0.1) is 0 Å². The number of hydrogen-bond acceptors (Lipinski definition) is 4. The number of Topliss-reactive ketones (excluding diaryl/α,β-unsaturated/α-hetero) is 1. The normalized spacial score (nSPS) is 13.1. The van der Waals surface area contributed by atoms with E-state index in [9.17, 15) is 31.1 Å². The van der Waals surface area contributed by atoms with E-state index in [1.165, 1.54) is 18.3 Å². The van der Waals surface area contributed by atoms with E-state index in [0.717, 1.165) is 42.6 Å².